The zero-order chi connectivity index (χ0) is 11.7. The number of aromatic carboxylic acids is 1. The highest BCUT2D eigenvalue weighted by atomic mass is 35.5. The molecule has 0 amide bonds. The van der Waals surface area contributed by atoms with Gasteiger partial charge in [-0.2, -0.15) is 0 Å². The molecule has 0 bridgehead atoms. The van der Waals surface area contributed by atoms with E-state index in [4.69, 9.17) is 16.7 Å². The van der Waals surface area contributed by atoms with Crippen LogP contribution in [-0.4, -0.2) is 20.6 Å². The summed E-state index contributed by atoms with van der Waals surface area (Å²) >= 11 is 5.85. The summed E-state index contributed by atoms with van der Waals surface area (Å²) in [6, 6.07) is 6.96. The minimum atomic E-state index is -1.00. The molecule has 0 aliphatic carbocycles. The minimum Gasteiger partial charge on any atom is -0.477 e. The Labute approximate surface area is 97.1 Å². The van der Waals surface area contributed by atoms with Crippen LogP contribution >= 0.6 is 11.6 Å². The van der Waals surface area contributed by atoms with E-state index < -0.39 is 5.97 Å². The van der Waals surface area contributed by atoms with Crippen molar-refractivity contribution < 1.29 is 9.90 Å². The van der Waals surface area contributed by atoms with E-state index in [0.717, 1.165) is 0 Å². The summed E-state index contributed by atoms with van der Waals surface area (Å²) in [5.41, 5.74) is 1.32. The van der Waals surface area contributed by atoms with E-state index in [0.29, 0.717) is 16.4 Å². The Balaban J connectivity index is 2.60. The zero-order valence-corrected chi connectivity index (χ0v) is 9.27. The molecule has 0 radical (unpaired) electrons. The molecule has 1 heterocycles. The van der Waals surface area contributed by atoms with Gasteiger partial charge in [0.1, 0.15) is 6.33 Å². The highest BCUT2D eigenvalue weighted by molar-refractivity contribution is 6.30. The van der Waals surface area contributed by atoms with Gasteiger partial charge in [0, 0.05) is 10.7 Å². The van der Waals surface area contributed by atoms with Crippen molar-refractivity contribution in [3.05, 3.63) is 47.0 Å². The van der Waals surface area contributed by atoms with Crippen LogP contribution in [-0.2, 0) is 0 Å². The Morgan fingerprint density at radius 3 is 2.88 bits per heavy atom. The number of hydrogen-bond acceptors (Lipinski definition) is 2. The van der Waals surface area contributed by atoms with Crippen LogP contribution in [0.4, 0.5) is 0 Å². The van der Waals surface area contributed by atoms with Crippen molar-refractivity contribution in [2.75, 3.05) is 0 Å². The molecule has 1 aromatic heterocycles. The highest BCUT2D eigenvalue weighted by Crippen LogP contribution is 2.18. The number of rotatable bonds is 2. The number of aryl methyl sites for hydroxylation is 1. The quantitative estimate of drug-likeness (QED) is 0.872. The largest absolute Gasteiger partial charge is 0.477 e. The predicted octanol–water partition coefficient (Wildman–Crippen LogP) is 2.53. The molecule has 0 aliphatic heterocycles. The SMILES string of the molecule is Cc1ncn(-c2cccc(Cl)c2)c1C(=O)O. The van der Waals surface area contributed by atoms with Gasteiger partial charge in [0.2, 0.25) is 0 Å². The van der Waals surface area contributed by atoms with Crippen molar-refractivity contribution in [3.8, 4) is 5.69 Å². The molecule has 0 unspecified atom stereocenters. The van der Waals surface area contributed by atoms with Crippen LogP contribution in [0.3, 0.4) is 0 Å². The molecule has 0 fully saturated rings. The normalized spacial score (nSPS) is 10.4. The van der Waals surface area contributed by atoms with Crippen molar-refractivity contribution in [2.45, 2.75) is 6.92 Å². The van der Waals surface area contributed by atoms with E-state index in [2.05, 4.69) is 4.98 Å². The van der Waals surface area contributed by atoms with Crippen molar-refractivity contribution >= 4 is 17.6 Å². The van der Waals surface area contributed by atoms with Gasteiger partial charge in [-0.3, -0.25) is 4.57 Å². The summed E-state index contributed by atoms with van der Waals surface area (Å²) in [4.78, 5) is 15.1. The van der Waals surface area contributed by atoms with Gasteiger partial charge in [-0.05, 0) is 25.1 Å². The molecule has 0 saturated carbocycles. The molecule has 16 heavy (non-hydrogen) atoms. The van der Waals surface area contributed by atoms with Gasteiger partial charge in [0.05, 0.1) is 5.69 Å². The number of nitrogens with zero attached hydrogens (tertiary/aromatic N) is 2. The molecule has 0 saturated heterocycles. The van der Waals surface area contributed by atoms with E-state index in [-0.39, 0.29) is 5.69 Å². The fourth-order valence-electron chi connectivity index (χ4n) is 1.52. The van der Waals surface area contributed by atoms with Gasteiger partial charge in [0.25, 0.3) is 0 Å². The maximum atomic E-state index is 11.1. The number of benzene rings is 1. The Morgan fingerprint density at radius 1 is 1.50 bits per heavy atom. The van der Waals surface area contributed by atoms with Crippen LogP contribution in [0.5, 0.6) is 0 Å². The number of hydrogen-bond donors (Lipinski definition) is 1. The highest BCUT2D eigenvalue weighted by Gasteiger charge is 2.15. The summed E-state index contributed by atoms with van der Waals surface area (Å²) < 4.78 is 1.50. The molecular weight excluding hydrogens is 228 g/mol. The molecular formula is C11H9ClN2O2. The number of aromatic nitrogens is 2. The smallest absolute Gasteiger partial charge is 0.354 e. The molecule has 5 heteroatoms. The molecule has 4 nitrogen and oxygen atoms in total. The van der Waals surface area contributed by atoms with Crippen LogP contribution in [0.2, 0.25) is 5.02 Å². The lowest BCUT2D eigenvalue weighted by Crippen LogP contribution is -2.07. The first kappa shape index (κ1) is 10.7. The standard InChI is InChI=1S/C11H9ClN2O2/c1-7-10(11(15)16)14(6-13-7)9-4-2-3-8(12)5-9/h2-6H,1H3,(H,15,16). The monoisotopic (exact) mass is 236 g/mol. The minimum absolute atomic E-state index is 0.155. The Morgan fingerprint density at radius 2 is 2.25 bits per heavy atom. The van der Waals surface area contributed by atoms with E-state index in [1.54, 1.807) is 31.2 Å². The Hall–Kier alpha value is -1.81. The number of carboxylic acids is 1. The first-order valence-corrected chi connectivity index (χ1v) is 5.00. The lowest BCUT2D eigenvalue weighted by atomic mass is 10.3. The summed E-state index contributed by atoms with van der Waals surface area (Å²) in [6.07, 6.45) is 1.48. The third-order valence-corrected chi connectivity index (χ3v) is 2.47. The van der Waals surface area contributed by atoms with Gasteiger partial charge < -0.3 is 5.11 Å². The number of carboxylic acid groups (broad SMARTS) is 1. The third-order valence-electron chi connectivity index (χ3n) is 2.24. The molecule has 2 aromatic rings. The second kappa shape index (κ2) is 3.98. The van der Waals surface area contributed by atoms with E-state index in [1.165, 1.54) is 10.9 Å². The van der Waals surface area contributed by atoms with Crippen LogP contribution in [0.15, 0.2) is 30.6 Å². The van der Waals surface area contributed by atoms with Crippen molar-refractivity contribution in [1.29, 1.82) is 0 Å². The second-order valence-corrected chi connectivity index (χ2v) is 3.77. The van der Waals surface area contributed by atoms with Crippen LogP contribution < -0.4 is 0 Å². The summed E-state index contributed by atoms with van der Waals surface area (Å²) in [7, 11) is 0. The third kappa shape index (κ3) is 1.79. The van der Waals surface area contributed by atoms with Gasteiger partial charge >= 0.3 is 5.97 Å². The van der Waals surface area contributed by atoms with E-state index in [9.17, 15) is 4.79 Å². The number of carbonyl (C=O) groups is 1. The molecule has 2 rings (SSSR count). The van der Waals surface area contributed by atoms with E-state index in [1.807, 2.05) is 0 Å². The number of halogens is 1. The molecule has 0 aliphatic rings. The summed E-state index contributed by atoms with van der Waals surface area (Å²) in [5.74, 6) is -1.00. The first-order chi connectivity index (χ1) is 7.59. The molecule has 0 atom stereocenters. The second-order valence-electron chi connectivity index (χ2n) is 3.33. The van der Waals surface area contributed by atoms with Gasteiger partial charge in [-0.1, -0.05) is 17.7 Å². The van der Waals surface area contributed by atoms with Crippen LogP contribution in [0.25, 0.3) is 5.69 Å². The lowest BCUT2D eigenvalue weighted by Gasteiger charge is -2.05. The summed E-state index contributed by atoms with van der Waals surface area (Å²) in [5, 5.41) is 9.63. The van der Waals surface area contributed by atoms with Gasteiger partial charge in [-0.15, -0.1) is 0 Å². The predicted molar refractivity (Wildman–Crippen MR) is 60.3 cm³/mol. The van der Waals surface area contributed by atoms with Crippen LogP contribution in [0.1, 0.15) is 16.2 Å². The molecule has 1 aromatic carbocycles. The van der Waals surface area contributed by atoms with Crippen molar-refractivity contribution in [2.24, 2.45) is 0 Å². The van der Waals surface area contributed by atoms with Gasteiger partial charge in [-0.25, -0.2) is 9.78 Å². The van der Waals surface area contributed by atoms with Crippen molar-refractivity contribution in [3.63, 3.8) is 0 Å². The topological polar surface area (TPSA) is 55.1 Å². The average Bonchev–Trinajstić information content (AvgIpc) is 2.60. The zero-order valence-electron chi connectivity index (χ0n) is 8.51. The van der Waals surface area contributed by atoms with Crippen molar-refractivity contribution in [1.82, 2.24) is 9.55 Å². The fraction of sp³-hybridized carbons (Fsp3) is 0.0909. The van der Waals surface area contributed by atoms with Crippen LogP contribution in [0, 0.1) is 6.92 Å². The molecule has 0 spiro atoms. The molecule has 1 N–H and O–H groups in total. The molecule has 82 valence electrons. The maximum absolute atomic E-state index is 11.1. The van der Waals surface area contributed by atoms with E-state index >= 15 is 0 Å². The first-order valence-electron chi connectivity index (χ1n) is 4.63. The lowest BCUT2D eigenvalue weighted by molar-refractivity contribution is 0.0687. The summed E-state index contributed by atoms with van der Waals surface area (Å²) in [6.45, 7) is 1.66. The number of imidazole rings is 1. The average molecular weight is 237 g/mol. The Kier molecular flexibility index (Phi) is 2.66. The fourth-order valence-corrected chi connectivity index (χ4v) is 1.70. The Bertz CT molecular complexity index is 549. The maximum Gasteiger partial charge on any atom is 0.354 e. The van der Waals surface area contributed by atoms with Gasteiger partial charge in [0.15, 0.2) is 5.69 Å².